The van der Waals surface area contributed by atoms with Gasteiger partial charge in [0.1, 0.15) is 5.69 Å². The van der Waals surface area contributed by atoms with Gasteiger partial charge < -0.3 is 4.57 Å². The Morgan fingerprint density at radius 3 is 1.70 bits per heavy atom. The third-order valence-electron chi connectivity index (χ3n) is 11.3. The smallest absolute Gasteiger partial charge is 0.279 e. The van der Waals surface area contributed by atoms with Crippen LogP contribution in [0.25, 0.3) is 38.6 Å². The summed E-state index contributed by atoms with van der Waals surface area (Å²) in [6.45, 7) is 0. The summed E-state index contributed by atoms with van der Waals surface area (Å²) in [6.07, 6.45) is 0. The number of fused-ring (bicyclic) bond motifs is 7. The minimum absolute atomic E-state index is 0.449. The number of aromatic nitrogens is 1. The van der Waals surface area contributed by atoms with Crippen LogP contribution in [-0.4, -0.2) is 20.8 Å². The SMILES string of the molecule is c1ccc(C2=NC(c3ccccc3)=[N+]2c2ccc(-n3c4ccccc4c4c5c(ccc43)C(c3ccccc3)(c3ccccc3)c3ccccc3-5)cc2)cc1. The minimum Gasteiger partial charge on any atom is -0.309 e. The maximum atomic E-state index is 5.03. The summed E-state index contributed by atoms with van der Waals surface area (Å²) in [7, 11) is 0. The first-order chi connectivity index (χ1) is 26.8. The molecule has 3 heteroatoms. The van der Waals surface area contributed by atoms with Crippen LogP contribution in [0.2, 0.25) is 0 Å². The maximum Gasteiger partial charge on any atom is 0.279 e. The molecule has 11 rings (SSSR count). The molecule has 0 saturated carbocycles. The predicted molar refractivity (Wildman–Crippen MR) is 222 cm³/mol. The molecule has 2 heterocycles. The van der Waals surface area contributed by atoms with Gasteiger partial charge >= 0.3 is 0 Å². The van der Waals surface area contributed by atoms with E-state index in [0.717, 1.165) is 34.2 Å². The molecule has 2 aliphatic rings. The summed E-state index contributed by atoms with van der Waals surface area (Å²) in [4.78, 5) is 5.03. The van der Waals surface area contributed by atoms with E-state index < -0.39 is 5.41 Å². The summed E-state index contributed by atoms with van der Waals surface area (Å²) in [5.41, 5.74) is 14.1. The molecule has 0 N–H and O–H groups in total. The molecule has 0 atom stereocenters. The molecule has 1 aliphatic heterocycles. The highest BCUT2D eigenvalue weighted by molar-refractivity contribution is 6.19. The molecule has 3 nitrogen and oxygen atoms in total. The predicted octanol–water partition coefficient (Wildman–Crippen LogP) is 11.7. The minimum atomic E-state index is -0.449. The monoisotopic (exact) mass is 688 g/mol. The summed E-state index contributed by atoms with van der Waals surface area (Å²) >= 11 is 0. The molecule has 1 aromatic heterocycles. The van der Waals surface area contributed by atoms with Crippen molar-refractivity contribution >= 4 is 39.2 Å². The molecule has 0 saturated heterocycles. The first-order valence-electron chi connectivity index (χ1n) is 18.6. The van der Waals surface area contributed by atoms with E-state index in [9.17, 15) is 0 Å². The lowest BCUT2D eigenvalue weighted by atomic mass is 9.67. The zero-order valence-corrected chi connectivity index (χ0v) is 29.5. The van der Waals surface area contributed by atoms with E-state index in [1.807, 2.05) is 12.1 Å². The van der Waals surface area contributed by atoms with Gasteiger partial charge in [0.15, 0.2) is 0 Å². The van der Waals surface area contributed by atoms with Crippen molar-refractivity contribution < 1.29 is 4.58 Å². The summed E-state index contributed by atoms with van der Waals surface area (Å²) < 4.78 is 4.71. The van der Waals surface area contributed by atoms with E-state index in [1.54, 1.807) is 0 Å². The highest BCUT2D eigenvalue weighted by Gasteiger charge is 2.47. The Kier molecular flexibility index (Phi) is 6.77. The molecule has 0 fully saturated rings. The maximum absolute atomic E-state index is 5.03. The molecule has 252 valence electrons. The quantitative estimate of drug-likeness (QED) is 0.155. The zero-order valence-electron chi connectivity index (χ0n) is 29.5. The second-order valence-corrected chi connectivity index (χ2v) is 14.1. The Balaban J connectivity index is 1.13. The zero-order chi connectivity index (χ0) is 35.6. The summed E-state index contributed by atoms with van der Waals surface area (Å²) in [6, 6.07) is 74.6. The van der Waals surface area contributed by atoms with Crippen LogP contribution in [0.1, 0.15) is 33.4 Å². The van der Waals surface area contributed by atoms with Crippen LogP contribution in [-0.2, 0) is 5.41 Å². The average molecular weight is 689 g/mol. The van der Waals surface area contributed by atoms with Crippen molar-refractivity contribution in [3.05, 3.63) is 240 Å². The van der Waals surface area contributed by atoms with Crippen LogP contribution < -0.4 is 0 Å². The van der Waals surface area contributed by atoms with Crippen LogP contribution in [0.5, 0.6) is 0 Å². The van der Waals surface area contributed by atoms with E-state index >= 15 is 0 Å². The van der Waals surface area contributed by atoms with Crippen molar-refractivity contribution in [2.24, 2.45) is 4.99 Å². The topological polar surface area (TPSA) is 20.3 Å². The Morgan fingerprint density at radius 1 is 0.444 bits per heavy atom. The van der Waals surface area contributed by atoms with E-state index in [-0.39, 0.29) is 0 Å². The normalized spacial score (nSPS) is 14.1. The van der Waals surface area contributed by atoms with Crippen molar-refractivity contribution in [1.82, 2.24) is 4.57 Å². The molecule has 1 aliphatic carbocycles. The second-order valence-electron chi connectivity index (χ2n) is 14.1. The highest BCUT2D eigenvalue weighted by atomic mass is 15.2. The molecule has 0 spiro atoms. The first kappa shape index (κ1) is 30.5. The fraction of sp³-hybridized carbons (Fsp3) is 0.0196. The van der Waals surface area contributed by atoms with Gasteiger partial charge in [0, 0.05) is 16.5 Å². The van der Waals surface area contributed by atoms with Crippen LogP contribution >= 0.6 is 0 Å². The van der Waals surface area contributed by atoms with Crippen LogP contribution in [0.3, 0.4) is 0 Å². The lowest BCUT2D eigenvalue weighted by molar-refractivity contribution is -0.319. The molecular weight excluding hydrogens is 655 g/mol. The third kappa shape index (κ3) is 4.30. The van der Waals surface area contributed by atoms with Crippen molar-refractivity contribution in [2.45, 2.75) is 5.41 Å². The highest BCUT2D eigenvalue weighted by Crippen LogP contribution is 2.58. The van der Waals surface area contributed by atoms with Gasteiger partial charge in [-0.2, -0.15) is 4.58 Å². The molecule has 0 radical (unpaired) electrons. The van der Waals surface area contributed by atoms with Crippen LogP contribution in [0.15, 0.2) is 211 Å². The Morgan fingerprint density at radius 2 is 1.02 bits per heavy atom. The number of nitrogens with zero attached hydrogens (tertiary/aromatic N) is 3. The largest absolute Gasteiger partial charge is 0.309 e. The van der Waals surface area contributed by atoms with E-state index in [4.69, 9.17) is 4.99 Å². The van der Waals surface area contributed by atoms with Crippen LogP contribution in [0, 0.1) is 0 Å². The average Bonchev–Trinajstić information content (AvgIpc) is 3.73. The fourth-order valence-electron chi connectivity index (χ4n) is 9.08. The third-order valence-corrected chi connectivity index (χ3v) is 11.3. The number of hydrogen-bond acceptors (Lipinski definition) is 1. The summed E-state index contributed by atoms with van der Waals surface area (Å²) in [5, 5.41) is 2.54. The van der Waals surface area contributed by atoms with Gasteiger partial charge in [-0.15, -0.1) is 0 Å². The Bertz CT molecular complexity index is 2900. The van der Waals surface area contributed by atoms with E-state index in [1.165, 1.54) is 55.2 Å². The number of amidine groups is 2. The molecular formula is C51H34N3+. The molecule has 8 aromatic carbocycles. The number of aliphatic imine (C=N–C) groups is 1. The first-order valence-corrected chi connectivity index (χ1v) is 18.6. The lowest BCUT2D eigenvalue weighted by Crippen LogP contribution is -2.34. The summed E-state index contributed by atoms with van der Waals surface area (Å²) in [5.74, 6) is 1.90. The van der Waals surface area contributed by atoms with Gasteiger partial charge in [-0.05, 0) is 94.0 Å². The van der Waals surface area contributed by atoms with Gasteiger partial charge in [-0.3, -0.25) is 0 Å². The van der Waals surface area contributed by atoms with Crippen molar-refractivity contribution in [1.29, 1.82) is 0 Å². The van der Waals surface area contributed by atoms with Gasteiger partial charge in [0.2, 0.25) is 0 Å². The number of hydrogen-bond donors (Lipinski definition) is 0. The standard InChI is InChI=1S/C51H34N3/c1-5-17-35(18-6-1)49-52-50(36-19-7-2-8-20-36)54(49)40-31-29-39(30-32-40)53-45-28-16-14-26-42(45)48-46(53)34-33-44-47(48)41-25-13-15-27-43(41)51(44,37-21-9-3-10-22-37)38-23-11-4-12-24-38/h1-34H/q+1. The lowest BCUT2D eigenvalue weighted by Gasteiger charge is -2.33. The van der Waals surface area contributed by atoms with Gasteiger partial charge in [0.25, 0.3) is 11.7 Å². The fourth-order valence-corrected chi connectivity index (χ4v) is 9.08. The van der Waals surface area contributed by atoms with Crippen molar-refractivity contribution in [3.63, 3.8) is 0 Å². The molecule has 9 aromatic rings. The van der Waals surface area contributed by atoms with Crippen LogP contribution in [0.4, 0.5) is 5.69 Å². The molecule has 0 bridgehead atoms. The van der Waals surface area contributed by atoms with Crippen molar-refractivity contribution in [2.75, 3.05) is 0 Å². The molecule has 0 unspecified atom stereocenters. The van der Waals surface area contributed by atoms with Gasteiger partial charge in [-0.25, -0.2) is 0 Å². The van der Waals surface area contributed by atoms with E-state index in [0.29, 0.717) is 0 Å². The van der Waals surface area contributed by atoms with Crippen molar-refractivity contribution in [3.8, 4) is 16.8 Å². The van der Waals surface area contributed by atoms with E-state index in [2.05, 4.69) is 203 Å². The number of para-hydroxylation sites is 1. The number of rotatable bonds is 6. The van der Waals surface area contributed by atoms with Gasteiger partial charge in [-0.1, -0.05) is 151 Å². The number of benzene rings is 8. The molecule has 54 heavy (non-hydrogen) atoms. The van der Waals surface area contributed by atoms with Gasteiger partial charge in [0.05, 0.1) is 27.6 Å². The molecule has 0 amide bonds. The second kappa shape index (κ2) is 12.0. The Labute approximate surface area is 314 Å². The Hall–Kier alpha value is -7.10.